The molecule has 0 saturated carbocycles. The van der Waals surface area contributed by atoms with Gasteiger partial charge in [-0.15, -0.1) is 0 Å². The number of nitrogens with zero attached hydrogens (tertiary/aromatic N) is 2. The van der Waals surface area contributed by atoms with Crippen LogP contribution in [0.5, 0.6) is 11.6 Å². The maximum Gasteiger partial charge on any atom is 0.347 e. The molecule has 4 rings (SSSR count). The zero-order valence-corrected chi connectivity index (χ0v) is 22.8. The van der Waals surface area contributed by atoms with E-state index in [1.807, 2.05) is 6.92 Å². The van der Waals surface area contributed by atoms with Crippen molar-refractivity contribution in [2.45, 2.75) is 85.2 Å². The van der Waals surface area contributed by atoms with Crippen LogP contribution in [0.4, 0.5) is 0 Å². The van der Waals surface area contributed by atoms with Gasteiger partial charge in [0.25, 0.3) is 0 Å². The van der Waals surface area contributed by atoms with Crippen LogP contribution >= 0.6 is 0 Å². The Morgan fingerprint density at radius 1 is 1.03 bits per heavy atom. The predicted molar refractivity (Wildman–Crippen MR) is 148 cm³/mol. The first kappa shape index (κ1) is 27.0. The lowest BCUT2D eigenvalue weighted by Gasteiger charge is -2.20. The van der Waals surface area contributed by atoms with Crippen molar-refractivity contribution in [3.8, 4) is 22.9 Å². The zero-order valence-electron chi connectivity index (χ0n) is 22.8. The first-order valence-corrected chi connectivity index (χ1v) is 13.8. The van der Waals surface area contributed by atoms with Crippen LogP contribution in [-0.2, 0) is 17.7 Å². The van der Waals surface area contributed by atoms with Crippen molar-refractivity contribution in [3.05, 3.63) is 41.1 Å². The summed E-state index contributed by atoms with van der Waals surface area (Å²) in [6, 6.07) is 8.78. The summed E-state index contributed by atoms with van der Waals surface area (Å²) in [6.07, 6.45) is 6.37. The van der Waals surface area contributed by atoms with Crippen molar-refractivity contribution in [1.82, 2.24) is 9.55 Å². The van der Waals surface area contributed by atoms with E-state index in [0.29, 0.717) is 31.1 Å². The summed E-state index contributed by atoms with van der Waals surface area (Å²) >= 11 is 0. The number of carbonyl (C=O) groups is 1. The number of carbonyl (C=O) groups excluding carboxylic acids is 1. The molecule has 2 N–H and O–H groups in total. The quantitative estimate of drug-likeness (QED) is 0.219. The molecule has 1 aliphatic rings. The number of ether oxygens (including phenoxy) is 3. The van der Waals surface area contributed by atoms with Crippen molar-refractivity contribution in [3.63, 3.8) is 0 Å². The number of rotatable bonds is 13. The number of pyridine rings is 1. The lowest BCUT2D eigenvalue weighted by atomic mass is 10.0. The van der Waals surface area contributed by atoms with Crippen LogP contribution in [-0.4, -0.2) is 41.4 Å². The predicted octanol–water partition coefficient (Wildman–Crippen LogP) is 6.21. The number of hydrogen-bond donors (Lipinski definition) is 1. The van der Waals surface area contributed by atoms with E-state index in [1.165, 1.54) is 11.2 Å². The molecule has 2 aromatic heterocycles. The lowest BCUT2D eigenvalue weighted by Crippen LogP contribution is -2.20. The maximum absolute atomic E-state index is 13.3. The highest BCUT2D eigenvalue weighted by molar-refractivity contribution is 5.97. The molecule has 37 heavy (non-hydrogen) atoms. The van der Waals surface area contributed by atoms with Gasteiger partial charge in [0.15, 0.2) is 5.56 Å². The highest BCUT2D eigenvalue weighted by Crippen LogP contribution is 2.39. The average Bonchev–Trinajstić information content (AvgIpc) is 3.40. The Morgan fingerprint density at radius 2 is 1.73 bits per heavy atom. The molecule has 7 heteroatoms. The van der Waals surface area contributed by atoms with E-state index in [-0.39, 0.29) is 11.9 Å². The van der Waals surface area contributed by atoms with E-state index in [1.54, 1.807) is 0 Å². The largest absolute Gasteiger partial charge is 0.492 e. The number of nitrogens with two attached hydrogens (primary N) is 1. The maximum atomic E-state index is 13.3. The van der Waals surface area contributed by atoms with Crippen LogP contribution < -0.4 is 15.2 Å². The number of aromatic nitrogens is 2. The van der Waals surface area contributed by atoms with Crippen LogP contribution in [0, 0.1) is 6.92 Å². The van der Waals surface area contributed by atoms with E-state index in [4.69, 9.17) is 24.9 Å². The fraction of sp³-hybridized carbons (Fsp3) is 0.533. The molecule has 0 radical (unpaired) electrons. The standard InChI is InChI=1S/C30H41N3O4/c1-5-8-13-35-28-20(4)27(21-11-12-25-22(16-21)17-24-18-23(31)19-33(24)25)32-29(36-14-9-6-2)26(28)30(34)37-15-10-7-3/h11-12,16-17,23H,5-10,13-15,18-19,31H2,1-4H3. The molecule has 0 aliphatic carbocycles. The molecule has 1 unspecified atom stereocenters. The minimum absolute atomic E-state index is 0.179. The van der Waals surface area contributed by atoms with Crippen LogP contribution in [0.2, 0.25) is 0 Å². The van der Waals surface area contributed by atoms with Gasteiger partial charge >= 0.3 is 5.97 Å². The van der Waals surface area contributed by atoms with Crippen molar-refractivity contribution < 1.29 is 19.0 Å². The van der Waals surface area contributed by atoms with Gasteiger partial charge in [0.1, 0.15) is 5.75 Å². The number of esters is 1. The van der Waals surface area contributed by atoms with Crippen molar-refractivity contribution >= 4 is 16.9 Å². The summed E-state index contributed by atoms with van der Waals surface area (Å²) in [4.78, 5) is 18.2. The van der Waals surface area contributed by atoms with E-state index in [9.17, 15) is 4.79 Å². The molecule has 1 atom stereocenters. The minimum Gasteiger partial charge on any atom is -0.492 e. The highest BCUT2D eigenvalue weighted by atomic mass is 16.5. The smallest absolute Gasteiger partial charge is 0.347 e. The molecule has 0 saturated heterocycles. The third-order valence-corrected chi connectivity index (χ3v) is 6.92. The second kappa shape index (κ2) is 12.5. The topological polar surface area (TPSA) is 88.6 Å². The van der Waals surface area contributed by atoms with E-state index in [0.717, 1.165) is 73.7 Å². The van der Waals surface area contributed by atoms with Crippen molar-refractivity contribution in [1.29, 1.82) is 0 Å². The van der Waals surface area contributed by atoms with Gasteiger partial charge in [-0.1, -0.05) is 46.1 Å². The second-order valence-electron chi connectivity index (χ2n) is 9.97. The molecule has 0 spiro atoms. The van der Waals surface area contributed by atoms with Gasteiger partial charge in [0.2, 0.25) is 5.88 Å². The molecule has 200 valence electrons. The first-order chi connectivity index (χ1) is 18.0. The molecule has 1 aliphatic heterocycles. The van der Waals surface area contributed by atoms with Crippen LogP contribution in [0.15, 0.2) is 24.3 Å². The summed E-state index contributed by atoms with van der Waals surface area (Å²) in [5, 5.41) is 1.16. The molecule has 3 aromatic rings. The van der Waals surface area contributed by atoms with Crippen LogP contribution in [0.3, 0.4) is 0 Å². The number of hydrogen-bond acceptors (Lipinski definition) is 6. The highest BCUT2D eigenvalue weighted by Gasteiger charge is 2.28. The Balaban J connectivity index is 1.80. The van der Waals surface area contributed by atoms with Crippen molar-refractivity contribution in [2.75, 3.05) is 19.8 Å². The van der Waals surface area contributed by atoms with Gasteiger partial charge in [-0.2, -0.15) is 0 Å². The fourth-order valence-electron chi connectivity index (χ4n) is 4.82. The van der Waals surface area contributed by atoms with E-state index >= 15 is 0 Å². The average molecular weight is 508 g/mol. The normalized spacial score (nSPS) is 14.7. The monoisotopic (exact) mass is 507 g/mol. The molecule has 7 nitrogen and oxygen atoms in total. The molecule has 1 aromatic carbocycles. The van der Waals surface area contributed by atoms with Gasteiger partial charge in [0.05, 0.1) is 25.5 Å². The third kappa shape index (κ3) is 5.93. The molecule has 0 bridgehead atoms. The fourth-order valence-corrected chi connectivity index (χ4v) is 4.82. The van der Waals surface area contributed by atoms with Gasteiger partial charge in [-0.05, 0) is 44.4 Å². The number of fused-ring (bicyclic) bond motifs is 3. The Kier molecular flexibility index (Phi) is 9.09. The molecule has 0 fully saturated rings. The number of benzene rings is 1. The Hall–Kier alpha value is -3.06. The number of unbranched alkanes of at least 4 members (excludes halogenated alkanes) is 3. The lowest BCUT2D eigenvalue weighted by molar-refractivity contribution is 0.0488. The van der Waals surface area contributed by atoms with Crippen molar-refractivity contribution in [2.24, 2.45) is 5.73 Å². The second-order valence-corrected chi connectivity index (χ2v) is 9.97. The minimum atomic E-state index is -0.441. The summed E-state index contributed by atoms with van der Waals surface area (Å²) in [7, 11) is 0. The van der Waals surface area contributed by atoms with Gasteiger partial charge in [0, 0.05) is 46.7 Å². The Morgan fingerprint density at radius 3 is 2.46 bits per heavy atom. The summed E-state index contributed by atoms with van der Waals surface area (Å²) in [6.45, 7) is 10.4. The van der Waals surface area contributed by atoms with Gasteiger partial charge < -0.3 is 24.5 Å². The first-order valence-electron chi connectivity index (χ1n) is 13.8. The molecular weight excluding hydrogens is 466 g/mol. The SMILES string of the molecule is CCCCOC(=O)c1c(OCCCC)nc(-c2ccc3c(c2)cc2n3CC(N)C2)c(C)c1OCCCC. The Bertz CT molecular complexity index is 1230. The summed E-state index contributed by atoms with van der Waals surface area (Å²) in [5.74, 6) is 0.355. The third-order valence-electron chi connectivity index (χ3n) is 6.92. The van der Waals surface area contributed by atoms with E-state index < -0.39 is 5.97 Å². The Labute approximate surface area is 220 Å². The molecular formula is C30H41N3O4. The summed E-state index contributed by atoms with van der Waals surface area (Å²) in [5.41, 5.74) is 11.4. The van der Waals surface area contributed by atoms with Gasteiger partial charge in [-0.3, -0.25) is 0 Å². The van der Waals surface area contributed by atoms with Crippen LogP contribution in [0.1, 0.15) is 80.9 Å². The zero-order chi connectivity index (χ0) is 26.4. The van der Waals surface area contributed by atoms with Crippen LogP contribution in [0.25, 0.3) is 22.2 Å². The van der Waals surface area contributed by atoms with Gasteiger partial charge in [-0.25, -0.2) is 9.78 Å². The summed E-state index contributed by atoms with van der Waals surface area (Å²) < 4.78 is 20.3. The molecule has 0 amide bonds. The molecule has 3 heterocycles. The van der Waals surface area contributed by atoms with E-state index in [2.05, 4.69) is 49.6 Å².